The number of hydrogen-bond acceptors (Lipinski definition) is 3. The zero-order chi connectivity index (χ0) is 11.8. The largest absolute Gasteiger partial charge is 0.464 e. The molecule has 0 fully saturated rings. The van der Waals surface area contributed by atoms with Crippen molar-refractivity contribution in [2.24, 2.45) is 5.92 Å². The highest BCUT2D eigenvalue weighted by Crippen LogP contribution is 2.17. The van der Waals surface area contributed by atoms with Crippen LogP contribution in [0.2, 0.25) is 0 Å². The van der Waals surface area contributed by atoms with E-state index in [1.807, 2.05) is 11.8 Å². The Bertz CT molecular complexity index is 283. The third kappa shape index (κ3) is 5.61. The van der Waals surface area contributed by atoms with Crippen molar-refractivity contribution in [3.05, 3.63) is 23.7 Å². The lowest BCUT2D eigenvalue weighted by Crippen LogP contribution is -2.12. The minimum atomic E-state index is 0.755. The van der Waals surface area contributed by atoms with E-state index in [0.29, 0.717) is 0 Å². The van der Waals surface area contributed by atoms with E-state index in [1.165, 1.54) is 5.75 Å². The zero-order valence-electron chi connectivity index (χ0n) is 10.6. The van der Waals surface area contributed by atoms with E-state index in [4.69, 9.17) is 4.42 Å². The fourth-order valence-corrected chi connectivity index (χ4v) is 2.32. The van der Waals surface area contributed by atoms with Gasteiger partial charge in [0.1, 0.15) is 11.5 Å². The summed E-state index contributed by atoms with van der Waals surface area (Å²) in [5.74, 6) is 5.09. The van der Waals surface area contributed by atoms with E-state index in [1.54, 1.807) is 0 Å². The van der Waals surface area contributed by atoms with Gasteiger partial charge in [0.25, 0.3) is 0 Å². The Hall–Kier alpha value is -0.410. The lowest BCUT2D eigenvalue weighted by atomic mass is 10.3. The van der Waals surface area contributed by atoms with Gasteiger partial charge < -0.3 is 9.73 Å². The Kier molecular flexibility index (Phi) is 6.65. The van der Waals surface area contributed by atoms with Crippen molar-refractivity contribution in [2.75, 3.05) is 12.3 Å². The van der Waals surface area contributed by atoms with Crippen LogP contribution in [-0.4, -0.2) is 12.3 Å². The van der Waals surface area contributed by atoms with Crippen molar-refractivity contribution >= 4 is 11.8 Å². The van der Waals surface area contributed by atoms with Crippen LogP contribution in [-0.2, 0) is 12.3 Å². The first-order valence-corrected chi connectivity index (χ1v) is 7.24. The second-order valence-electron chi connectivity index (χ2n) is 4.45. The molecule has 3 heteroatoms. The fraction of sp³-hybridized carbons (Fsp3) is 0.692. The average molecular weight is 241 g/mol. The molecule has 0 spiro atoms. The first kappa shape index (κ1) is 13.7. The van der Waals surface area contributed by atoms with Gasteiger partial charge in [-0.15, -0.1) is 0 Å². The highest BCUT2D eigenvalue weighted by molar-refractivity contribution is 7.98. The van der Waals surface area contributed by atoms with Crippen molar-refractivity contribution in [3.63, 3.8) is 0 Å². The summed E-state index contributed by atoms with van der Waals surface area (Å²) < 4.78 is 5.73. The molecule has 0 unspecified atom stereocenters. The van der Waals surface area contributed by atoms with Crippen LogP contribution in [0.15, 0.2) is 16.5 Å². The van der Waals surface area contributed by atoms with Crippen LogP contribution in [0.4, 0.5) is 0 Å². The zero-order valence-corrected chi connectivity index (χ0v) is 11.4. The van der Waals surface area contributed by atoms with Crippen molar-refractivity contribution in [2.45, 2.75) is 39.5 Å². The van der Waals surface area contributed by atoms with E-state index < -0.39 is 0 Å². The van der Waals surface area contributed by atoms with Gasteiger partial charge in [0.05, 0.1) is 12.3 Å². The highest BCUT2D eigenvalue weighted by atomic mass is 32.2. The molecule has 92 valence electrons. The Morgan fingerprint density at radius 3 is 2.75 bits per heavy atom. The molecule has 0 amide bonds. The third-order valence-corrected chi connectivity index (χ3v) is 3.53. The molecule has 2 nitrogen and oxygen atoms in total. The predicted molar refractivity (Wildman–Crippen MR) is 71.7 cm³/mol. The molecule has 1 aromatic rings. The minimum Gasteiger partial charge on any atom is -0.464 e. The number of thioether (sulfide) groups is 1. The van der Waals surface area contributed by atoms with Crippen molar-refractivity contribution in [1.82, 2.24) is 5.32 Å². The maximum Gasteiger partial charge on any atom is 0.117 e. The van der Waals surface area contributed by atoms with Crippen LogP contribution in [0, 0.1) is 5.92 Å². The average Bonchev–Trinajstić information content (AvgIpc) is 2.66. The molecule has 0 atom stereocenters. The van der Waals surface area contributed by atoms with Crippen LogP contribution >= 0.6 is 11.8 Å². The molecule has 0 aliphatic carbocycles. The summed E-state index contributed by atoms with van der Waals surface area (Å²) in [6.07, 6.45) is 1.16. The maximum absolute atomic E-state index is 5.73. The Balaban J connectivity index is 2.22. The van der Waals surface area contributed by atoms with Crippen molar-refractivity contribution in [1.29, 1.82) is 0 Å². The Morgan fingerprint density at radius 1 is 1.31 bits per heavy atom. The molecule has 1 aromatic heterocycles. The van der Waals surface area contributed by atoms with Gasteiger partial charge in [0, 0.05) is 0 Å². The molecular weight excluding hydrogens is 218 g/mol. The lowest BCUT2D eigenvalue weighted by Gasteiger charge is -2.02. The van der Waals surface area contributed by atoms with Gasteiger partial charge in [-0.2, -0.15) is 11.8 Å². The number of hydrogen-bond donors (Lipinski definition) is 1. The molecule has 0 saturated carbocycles. The number of rotatable bonds is 8. The van der Waals surface area contributed by atoms with Gasteiger partial charge in [-0.25, -0.2) is 0 Å². The summed E-state index contributed by atoms with van der Waals surface area (Å²) in [6.45, 7) is 8.56. The summed E-state index contributed by atoms with van der Waals surface area (Å²) >= 11 is 1.94. The highest BCUT2D eigenvalue weighted by Gasteiger charge is 2.02. The maximum atomic E-state index is 5.73. The topological polar surface area (TPSA) is 25.2 Å². The molecule has 0 bridgehead atoms. The number of nitrogens with one attached hydrogen (secondary N) is 1. The SMILES string of the molecule is CCCNCc1ccc(CSCC(C)C)o1. The van der Waals surface area contributed by atoms with Gasteiger partial charge in [-0.05, 0) is 36.8 Å². The quantitative estimate of drug-likeness (QED) is 0.703. The molecule has 1 heterocycles. The standard InChI is InChI=1S/C13H23NOS/c1-4-7-14-8-12-5-6-13(15-12)10-16-9-11(2)3/h5-6,11,14H,4,7-10H2,1-3H3. The third-order valence-electron chi connectivity index (χ3n) is 2.14. The normalized spacial score (nSPS) is 11.2. The van der Waals surface area contributed by atoms with Crippen LogP contribution in [0.25, 0.3) is 0 Å². The molecule has 0 aliphatic heterocycles. The molecule has 16 heavy (non-hydrogen) atoms. The van der Waals surface area contributed by atoms with E-state index in [2.05, 4.69) is 38.2 Å². The summed E-state index contributed by atoms with van der Waals surface area (Å²) in [7, 11) is 0. The molecule has 0 aliphatic rings. The molecule has 1 N–H and O–H groups in total. The summed E-state index contributed by atoms with van der Waals surface area (Å²) in [5.41, 5.74) is 0. The molecule has 0 saturated heterocycles. The Labute approximate surface area is 103 Å². The van der Waals surface area contributed by atoms with Gasteiger partial charge in [-0.1, -0.05) is 20.8 Å². The van der Waals surface area contributed by atoms with Gasteiger partial charge in [0.2, 0.25) is 0 Å². The number of furan rings is 1. The van der Waals surface area contributed by atoms with E-state index in [-0.39, 0.29) is 0 Å². The van der Waals surface area contributed by atoms with Crippen LogP contribution in [0.5, 0.6) is 0 Å². The van der Waals surface area contributed by atoms with Gasteiger partial charge >= 0.3 is 0 Å². The molecule has 0 radical (unpaired) electrons. The second kappa shape index (κ2) is 7.80. The predicted octanol–water partition coefficient (Wildman–Crippen LogP) is 3.67. The van der Waals surface area contributed by atoms with Crippen LogP contribution in [0.3, 0.4) is 0 Å². The van der Waals surface area contributed by atoms with E-state index in [9.17, 15) is 0 Å². The van der Waals surface area contributed by atoms with Gasteiger partial charge in [-0.3, -0.25) is 0 Å². The minimum absolute atomic E-state index is 0.755. The summed E-state index contributed by atoms with van der Waals surface area (Å²) in [4.78, 5) is 0. The van der Waals surface area contributed by atoms with Crippen molar-refractivity contribution < 1.29 is 4.42 Å². The molecular formula is C13H23NOS. The molecule has 1 rings (SSSR count). The first-order chi connectivity index (χ1) is 7.72. The van der Waals surface area contributed by atoms with Gasteiger partial charge in [0.15, 0.2) is 0 Å². The van der Waals surface area contributed by atoms with E-state index >= 15 is 0 Å². The first-order valence-electron chi connectivity index (χ1n) is 6.08. The Morgan fingerprint density at radius 2 is 2.06 bits per heavy atom. The fourth-order valence-electron chi connectivity index (χ4n) is 1.38. The van der Waals surface area contributed by atoms with Crippen molar-refractivity contribution in [3.8, 4) is 0 Å². The van der Waals surface area contributed by atoms with Crippen LogP contribution < -0.4 is 5.32 Å². The lowest BCUT2D eigenvalue weighted by molar-refractivity contribution is 0.459. The monoisotopic (exact) mass is 241 g/mol. The molecule has 0 aromatic carbocycles. The summed E-state index contributed by atoms with van der Waals surface area (Å²) in [6, 6.07) is 4.17. The smallest absolute Gasteiger partial charge is 0.117 e. The van der Waals surface area contributed by atoms with Crippen LogP contribution in [0.1, 0.15) is 38.7 Å². The summed E-state index contributed by atoms with van der Waals surface area (Å²) in [5, 5.41) is 3.34. The van der Waals surface area contributed by atoms with E-state index in [0.717, 1.165) is 42.7 Å². The second-order valence-corrected chi connectivity index (χ2v) is 5.48.